The zero-order chi connectivity index (χ0) is 27.9. The predicted molar refractivity (Wildman–Crippen MR) is 164 cm³/mol. The number of halogens is 1. The summed E-state index contributed by atoms with van der Waals surface area (Å²) in [7, 11) is 2.15. The first-order valence-corrected chi connectivity index (χ1v) is 14.7. The second-order valence-corrected chi connectivity index (χ2v) is 11.7. The van der Waals surface area contributed by atoms with Crippen molar-refractivity contribution >= 4 is 53.1 Å². The smallest absolute Gasteiger partial charge is 0.149 e. The third kappa shape index (κ3) is 4.85. The largest absolute Gasteiger partial charge is 0.377 e. The van der Waals surface area contributed by atoms with Gasteiger partial charge in [0.05, 0.1) is 50.2 Å². The Kier molecular flexibility index (Phi) is 7.05. The molecular formula is C29H30BClN8S. The summed E-state index contributed by atoms with van der Waals surface area (Å²) >= 11 is 8.47. The number of hydrogen-bond donors (Lipinski definition) is 4. The summed E-state index contributed by atoms with van der Waals surface area (Å²) in [6.45, 7) is 4.16. The normalized spacial score (nSPS) is 17.1. The number of hydrogen-bond acceptors (Lipinski definition) is 9. The molecule has 40 heavy (non-hydrogen) atoms. The van der Waals surface area contributed by atoms with Gasteiger partial charge >= 0.3 is 0 Å². The monoisotopic (exact) mass is 568 g/mol. The van der Waals surface area contributed by atoms with E-state index in [4.69, 9.17) is 11.6 Å². The van der Waals surface area contributed by atoms with Gasteiger partial charge in [0.1, 0.15) is 13.9 Å². The number of hydrazine groups is 2. The van der Waals surface area contributed by atoms with Crippen molar-refractivity contribution in [2.75, 3.05) is 10.6 Å². The number of anilines is 2. The fraction of sp³-hybridized carbons (Fsp3) is 0.276. The first kappa shape index (κ1) is 26.4. The molecule has 1 saturated carbocycles. The molecule has 11 heteroatoms. The van der Waals surface area contributed by atoms with Crippen molar-refractivity contribution in [3.05, 3.63) is 92.8 Å². The molecule has 0 bridgehead atoms. The van der Waals surface area contributed by atoms with Crippen LogP contribution in [-0.4, -0.2) is 28.9 Å². The fourth-order valence-corrected chi connectivity index (χ4v) is 6.51. The molecule has 2 aromatic carbocycles. The fourth-order valence-electron chi connectivity index (χ4n) is 5.30. The topological polar surface area (TPSA) is 101 Å². The second kappa shape index (κ2) is 10.7. The Bertz CT molecular complexity index is 1630. The van der Waals surface area contributed by atoms with E-state index in [0.29, 0.717) is 22.1 Å². The molecule has 8 nitrogen and oxygen atoms in total. The molecule has 0 radical (unpaired) electrons. The van der Waals surface area contributed by atoms with Gasteiger partial charge in [-0.1, -0.05) is 48.9 Å². The molecular weight excluding hydrogens is 539 g/mol. The molecule has 0 amide bonds. The zero-order valence-electron chi connectivity index (χ0n) is 22.6. The average molecular weight is 569 g/mol. The molecule has 4 N–H and O–H groups in total. The highest BCUT2D eigenvalue weighted by atomic mass is 35.5. The number of nitrogens with one attached hydrogen (secondary N) is 4. The maximum atomic E-state index is 10.0. The number of fused-ring (bicyclic) bond motifs is 1. The Labute approximate surface area is 243 Å². The lowest BCUT2D eigenvalue weighted by atomic mass is 9.73. The van der Waals surface area contributed by atoms with E-state index in [1.807, 2.05) is 42.8 Å². The Morgan fingerprint density at radius 2 is 2.08 bits per heavy atom. The summed E-state index contributed by atoms with van der Waals surface area (Å²) in [4.78, 5) is 10.2. The van der Waals surface area contributed by atoms with Crippen molar-refractivity contribution in [1.82, 2.24) is 25.9 Å². The lowest BCUT2D eigenvalue weighted by Gasteiger charge is -2.33. The number of rotatable bonds is 9. The molecule has 1 fully saturated rings. The number of aromatic nitrogens is 2. The lowest BCUT2D eigenvalue weighted by molar-refractivity contribution is 0.260. The molecule has 1 aliphatic carbocycles. The van der Waals surface area contributed by atoms with Crippen LogP contribution < -0.4 is 21.6 Å². The van der Waals surface area contributed by atoms with Gasteiger partial charge in [0.15, 0.2) is 0 Å². The van der Waals surface area contributed by atoms with E-state index in [-0.39, 0.29) is 6.04 Å². The third-order valence-electron chi connectivity index (χ3n) is 7.63. The van der Waals surface area contributed by atoms with Crippen molar-refractivity contribution in [2.45, 2.75) is 50.6 Å². The van der Waals surface area contributed by atoms with Crippen molar-refractivity contribution < 1.29 is 0 Å². The number of nitrogens with zero attached hydrogens (tertiary/aromatic N) is 4. The van der Waals surface area contributed by atoms with Crippen LogP contribution in [0.4, 0.5) is 11.4 Å². The van der Waals surface area contributed by atoms with Crippen LogP contribution in [0.5, 0.6) is 0 Å². The van der Waals surface area contributed by atoms with Gasteiger partial charge in [0, 0.05) is 34.4 Å². The number of thiazole rings is 1. The quantitative estimate of drug-likeness (QED) is 0.202. The average Bonchev–Trinajstić information content (AvgIpc) is 3.51. The molecule has 4 aromatic rings. The van der Waals surface area contributed by atoms with Crippen LogP contribution in [0.15, 0.2) is 66.1 Å². The van der Waals surface area contributed by atoms with Crippen molar-refractivity contribution in [3.63, 3.8) is 0 Å². The first-order chi connectivity index (χ1) is 19.4. The van der Waals surface area contributed by atoms with Gasteiger partial charge in [-0.3, -0.25) is 9.99 Å². The van der Waals surface area contributed by atoms with E-state index < -0.39 is 5.44 Å². The van der Waals surface area contributed by atoms with E-state index in [0.717, 1.165) is 45.0 Å². The minimum Gasteiger partial charge on any atom is -0.377 e. The Hall–Kier alpha value is -3.78. The molecule has 2 aromatic heterocycles. The van der Waals surface area contributed by atoms with E-state index in [1.165, 1.54) is 12.8 Å². The molecule has 0 spiro atoms. The van der Waals surface area contributed by atoms with Crippen molar-refractivity contribution in [1.29, 1.82) is 5.26 Å². The summed E-state index contributed by atoms with van der Waals surface area (Å²) in [6.07, 6.45) is 6.93. The zero-order valence-corrected chi connectivity index (χ0v) is 24.2. The Balaban J connectivity index is 1.44. The van der Waals surface area contributed by atoms with Crippen LogP contribution in [0, 0.1) is 18.3 Å². The van der Waals surface area contributed by atoms with Crippen LogP contribution in [0.2, 0.25) is 5.02 Å². The molecule has 2 atom stereocenters. The SMILES string of the molecule is BC(Nc1cc(Cl)c2ncc(C#N)c(N[C@H](CC)c3ccccc3)c2c1)(C1=CN(C2CC2)NN1)c1scnc1C. The van der Waals surface area contributed by atoms with E-state index in [2.05, 4.69) is 75.7 Å². The minimum atomic E-state index is -0.622. The lowest BCUT2D eigenvalue weighted by Crippen LogP contribution is -2.45. The number of benzene rings is 2. The standard InChI is InChI=1S/C29H30BClN8S/c1-3-24(18-7-5-4-6-8-18)35-26-19(13-32)14-33-27-22(26)11-20(12-23(27)31)36-29(30,28-17(2)34-16-40-28)25-15-39(38-37-25)21-9-10-21/h4-8,11-12,14-16,21,24,36-38H,3,9-10,30H2,1-2H3,(H,33,35)/t24-,29?/m1/s1. The van der Waals surface area contributed by atoms with Crippen LogP contribution >= 0.6 is 22.9 Å². The maximum absolute atomic E-state index is 10.0. The van der Waals surface area contributed by atoms with Gasteiger partial charge in [0.25, 0.3) is 0 Å². The minimum absolute atomic E-state index is 0.0201. The first-order valence-electron chi connectivity index (χ1n) is 13.5. The third-order valence-corrected chi connectivity index (χ3v) is 9.07. The van der Waals surface area contributed by atoms with Gasteiger partial charge in [-0.15, -0.1) is 16.9 Å². The number of pyridine rings is 1. The van der Waals surface area contributed by atoms with Crippen LogP contribution in [0.3, 0.4) is 0 Å². The Morgan fingerprint density at radius 3 is 2.75 bits per heavy atom. The van der Waals surface area contributed by atoms with Crippen molar-refractivity contribution in [3.8, 4) is 6.07 Å². The van der Waals surface area contributed by atoms with Gasteiger partial charge in [-0.2, -0.15) is 5.26 Å². The predicted octanol–water partition coefficient (Wildman–Crippen LogP) is 5.31. The Morgan fingerprint density at radius 1 is 1.27 bits per heavy atom. The van der Waals surface area contributed by atoms with Crippen molar-refractivity contribution in [2.24, 2.45) is 0 Å². The molecule has 0 saturated heterocycles. The van der Waals surface area contributed by atoms with Gasteiger partial charge < -0.3 is 16.1 Å². The highest BCUT2D eigenvalue weighted by molar-refractivity contribution is 7.10. The summed E-state index contributed by atoms with van der Waals surface area (Å²) in [5.74, 6) is 0. The number of nitriles is 1. The number of aryl methyl sites for hydroxylation is 1. The summed E-state index contributed by atoms with van der Waals surface area (Å²) in [6, 6.07) is 17.0. The van der Waals surface area contributed by atoms with Gasteiger partial charge in [-0.05, 0) is 43.9 Å². The summed E-state index contributed by atoms with van der Waals surface area (Å²) in [5, 5.41) is 20.9. The van der Waals surface area contributed by atoms with E-state index in [1.54, 1.807) is 17.5 Å². The molecule has 6 rings (SSSR count). The van der Waals surface area contributed by atoms with Crippen LogP contribution in [0.1, 0.15) is 53.9 Å². The molecule has 1 aliphatic heterocycles. The van der Waals surface area contributed by atoms with Crippen LogP contribution in [-0.2, 0) is 5.44 Å². The maximum Gasteiger partial charge on any atom is 0.149 e. The van der Waals surface area contributed by atoms with Gasteiger partial charge in [-0.25, -0.2) is 4.98 Å². The van der Waals surface area contributed by atoms with E-state index in [9.17, 15) is 5.26 Å². The molecule has 1 unspecified atom stereocenters. The summed E-state index contributed by atoms with van der Waals surface area (Å²) < 4.78 is 0. The van der Waals surface area contributed by atoms with Gasteiger partial charge in [0.2, 0.25) is 0 Å². The molecule has 202 valence electrons. The van der Waals surface area contributed by atoms with Crippen LogP contribution in [0.25, 0.3) is 10.9 Å². The molecule has 3 heterocycles. The highest BCUT2D eigenvalue weighted by Crippen LogP contribution is 2.40. The summed E-state index contributed by atoms with van der Waals surface area (Å²) in [5.41, 5.74) is 13.7. The molecule has 2 aliphatic rings. The highest BCUT2D eigenvalue weighted by Gasteiger charge is 2.40. The van der Waals surface area contributed by atoms with E-state index >= 15 is 0 Å². The second-order valence-electron chi connectivity index (χ2n) is 10.5.